The Morgan fingerprint density at radius 2 is 1.80 bits per heavy atom. The van der Waals surface area contributed by atoms with Crippen molar-refractivity contribution in [2.75, 3.05) is 5.32 Å². The van der Waals surface area contributed by atoms with Gasteiger partial charge in [0.1, 0.15) is 4.60 Å². The highest BCUT2D eigenvalue weighted by Gasteiger charge is 2.10. The third-order valence-electron chi connectivity index (χ3n) is 2.90. The maximum absolute atomic E-state index is 12.3. The first kappa shape index (κ1) is 12.7. The fraction of sp³-hybridized carbons (Fsp3) is 0. The molecule has 98 valence electrons. The zero-order valence-electron chi connectivity index (χ0n) is 10.4. The Balaban J connectivity index is 1.94. The second-order valence-corrected chi connectivity index (χ2v) is 5.02. The number of hydrogen-bond donors (Lipinski definition) is 1. The van der Waals surface area contributed by atoms with Crippen molar-refractivity contribution in [1.82, 2.24) is 9.97 Å². The van der Waals surface area contributed by atoms with Crippen molar-refractivity contribution in [2.24, 2.45) is 0 Å². The van der Waals surface area contributed by atoms with Gasteiger partial charge in [0.05, 0.1) is 12.4 Å². The predicted octanol–water partition coefficient (Wildman–Crippen LogP) is 3.64. The van der Waals surface area contributed by atoms with Gasteiger partial charge in [-0.05, 0) is 32.8 Å². The number of nitrogens with zero attached hydrogens (tertiary/aromatic N) is 2. The van der Waals surface area contributed by atoms with E-state index in [4.69, 9.17) is 0 Å². The molecule has 0 spiro atoms. The molecule has 0 saturated carbocycles. The quantitative estimate of drug-likeness (QED) is 0.781. The lowest BCUT2D eigenvalue weighted by molar-refractivity contribution is 0.102. The highest BCUT2D eigenvalue weighted by atomic mass is 79.9. The van der Waals surface area contributed by atoms with E-state index < -0.39 is 0 Å². The molecule has 0 aliphatic rings. The smallest absolute Gasteiger partial charge is 0.257 e. The number of nitrogens with one attached hydrogen (secondary N) is 1. The Labute approximate surface area is 124 Å². The largest absolute Gasteiger partial charge is 0.305 e. The Hall–Kier alpha value is -2.27. The predicted molar refractivity (Wildman–Crippen MR) is 81.6 cm³/mol. The fourth-order valence-electron chi connectivity index (χ4n) is 1.98. The summed E-state index contributed by atoms with van der Waals surface area (Å²) in [7, 11) is 0. The standard InChI is InChI=1S/C15H10BrN3O/c16-13-8-18-14(9-17-13)19-15(20)12-7-3-5-10-4-1-2-6-11(10)12/h1-9H,(H,18,19,20). The maximum atomic E-state index is 12.3. The Kier molecular flexibility index (Phi) is 3.43. The van der Waals surface area contributed by atoms with Gasteiger partial charge in [0.15, 0.2) is 5.82 Å². The van der Waals surface area contributed by atoms with E-state index in [1.54, 1.807) is 12.3 Å². The second kappa shape index (κ2) is 5.38. The summed E-state index contributed by atoms with van der Waals surface area (Å²) in [6, 6.07) is 13.4. The Morgan fingerprint density at radius 3 is 2.60 bits per heavy atom. The maximum Gasteiger partial charge on any atom is 0.257 e. The molecule has 0 atom stereocenters. The zero-order chi connectivity index (χ0) is 13.9. The molecule has 5 heteroatoms. The number of carbonyl (C=O) groups excluding carboxylic acids is 1. The second-order valence-electron chi connectivity index (χ2n) is 4.21. The summed E-state index contributed by atoms with van der Waals surface area (Å²) in [6.07, 6.45) is 3.05. The molecular weight excluding hydrogens is 318 g/mol. The van der Waals surface area contributed by atoms with Crippen molar-refractivity contribution in [1.29, 1.82) is 0 Å². The molecule has 0 radical (unpaired) electrons. The number of aromatic nitrogens is 2. The van der Waals surface area contributed by atoms with Crippen LogP contribution in [0.3, 0.4) is 0 Å². The summed E-state index contributed by atoms with van der Waals surface area (Å²) in [6.45, 7) is 0. The van der Waals surface area contributed by atoms with Crippen LogP contribution in [0, 0.1) is 0 Å². The van der Waals surface area contributed by atoms with Crippen molar-refractivity contribution >= 4 is 38.4 Å². The molecule has 0 saturated heterocycles. The number of halogens is 1. The van der Waals surface area contributed by atoms with Crippen LogP contribution < -0.4 is 5.32 Å². The van der Waals surface area contributed by atoms with Crippen LogP contribution in [0.25, 0.3) is 10.8 Å². The molecular formula is C15H10BrN3O. The summed E-state index contributed by atoms with van der Waals surface area (Å²) in [5.74, 6) is 0.226. The van der Waals surface area contributed by atoms with Gasteiger partial charge in [0.25, 0.3) is 5.91 Å². The molecule has 1 amide bonds. The van der Waals surface area contributed by atoms with Gasteiger partial charge in [-0.25, -0.2) is 9.97 Å². The van der Waals surface area contributed by atoms with Gasteiger partial charge in [-0.3, -0.25) is 4.79 Å². The first-order valence-electron chi connectivity index (χ1n) is 6.01. The van der Waals surface area contributed by atoms with E-state index in [1.165, 1.54) is 6.20 Å². The first-order chi connectivity index (χ1) is 9.74. The van der Waals surface area contributed by atoms with Crippen molar-refractivity contribution < 1.29 is 4.79 Å². The van der Waals surface area contributed by atoms with Gasteiger partial charge >= 0.3 is 0 Å². The third-order valence-corrected chi connectivity index (χ3v) is 3.31. The summed E-state index contributed by atoms with van der Waals surface area (Å²) in [5, 5.41) is 4.69. The molecule has 1 heterocycles. The number of hydrogen-bond acceptors (Lipinski definition) is 3. The molecule has 0 fully saturated rings. The lowest BCUT2D eigenvalue weighted by Gasteiger charge is -2.07. The van der Waals surface area contributed by atoms with Crippen molar-refractivity contribution in [3.05, 3.63) is 65.0 Å². The van der Waals surface area contributed by atoms with Crippen molar-refractivity contribution in [3.63, 3.8) is 0 Å². The summed E-state index contributed by atoms with van der Waals surface area (Å²) < 4.78 is 0.626. The molecule has 1 aromatic heterocycles. The normalized spacial score (nSPS) is 10.4. The van der Waals surface area contributed by atoms with Gasteiger partial charge in [0.2, 0.25) is 0 Å². The average molecular weight is 328 g/mol. The lowest BCUT2D eigenvalue weighted by atomic mass is 10.0. The van der Waals surface area contributed by atoms with Crippen LogP contribution in [-0.4, -0.2) is 15.9 Å². The SMILES string of the molecule is O=C(Nc1cnc(Br)cn1)c1cccc2ccccc12. The highest BCUT2D eigenvalue weighted by molar-refractivity contribution is 9.10. The van der Waals surface area contributed by atoms with Crippen LogP contribution in [-0.2, 0) is 0 Å². The molecule has 0 bridgehead atoms. The molecule has 1 N–H and O–H groups in total. The van der Waals surface area contributed by atoms with Crippen LogP contribution in [0.4, 0.5) is 5.82 Å². The average Bonchev–Trinajstić information content (AvgIpc) is 2.49. The minimum absolute atomic E-state index is 0.196. The van der Waals surface area contributed by atoms with Gasteiger partial charge in [-0.15, -0.1) is 0 Å². The van der Waals surface area contributed by atoms with E-state index in [2.05, 4.69) is 31.2 Å². The number of anilines is 1. The van der Waals surface area contributed by atoms with Gasteiger partial charge in [-0.2, -0.15) is 0 Å². The number of carbonyl (C=O) groups is 1. The zero-order valence-corrected chi connectivity index (χ0v) is 12.0. The Bertz CT molecular complexity index is 766. The van der Waals surface area contributed by atoms with Crippen LogP contribution in [0.1, 0.15) is 10.4 Å². The topological polar surface area (TPSA) is 54.9 Å². The fourth-order valence-corrected chi connectivity index (χ4v) is 2.19. The molecule has 2 aromatic carbocycles. The molecule has 0 unspecified atom stereocenters. The number of benzene rings is 2. The Morgan fingerprint density at radius 1 is 1.00 bits per heavy atom. The minimum atomic E-state index is -0.196. The molecule has 3 rings (SSSR count). The van der Waals surface area contributed by atoms with Crippen LogP contribution in [0.2, 0.25) is 0 Å². The van der Waals surface area contributed by atoms with Crippen LogP contribution in [0.5, 0.6) is 0 Å². The molecule has 0 aliphatic carbocycles. The van der Waals surface area contributed by atoms with E-state index in [0.717, 1.165) is 10.8 Å². The highest BCUT2D eigenvalue weighted by Crippen LogP contribution is 2.19. The first-order valence-corrected chi connectivity index (χ1v) is 6.80. The molecule has 3 aromatic rings. The molecule has 20 heavy (non-hydrogen) atoms. The van der Waals surface area contributed by atoms with E-state index in [0.29, 0.717) is 16.0 Å². The monoisotopic (exact) mass is 327 g/mol. The third kappa shape index (κ3) is 2.53. The van der Waals surface area contributed by atoms with E-state index >= 15 is 0 Å². The molecule has 4 nitrogen and oxygen atoms in total. The van der Waals surface area contributed by atoms with Crippen molar-refractivity contribution in [3.8, 4) is 0 Å². The van der Waals surface area contributed by atoms with E-state index in [9.17, 15) is 4.79 Å². The molecule has 0 aliphatic heterocycles. The van der Waals surface area contributed by atoms with Crippen molar-refractivity contribution in [2.45, 2.75) is 0 Å². The minimum Gasteiger partial charge on any atom is -0.305 e. The van der Waals surface area contributed by atoms with E-state index in [1.807, 2.05) is 36.4 Å². The van der Waals surface area contributed by atoms with Gasteiger partial charge < -0.3 is 5.32 Å². The van der Waals surface area contributed by atoms with E-state index in [-0.39, 0.29) is 5.91 Å². The number of amides is 1. The lowest BCUT2D eigenvalue weighted by Crippen LogP contribution is -2.13. The van der Waals surface area contributed by atoms with Crippen LogP contribution in [0.15, 0.2) is 59.5 Å². The summed E-state index contributed by atoms with van der Waals surface area (Å²) in [5.41, 5.74) is 0.618. The van der Waals surface area contributed by atoms with Gasteiger partial charge in [-0.1, -0.05) is 36.4 Å². The number of rotatable bonds is 2. The number of fused-ring (bicyclic) bond motifs is 1. The van der Waals surface area contributed by atoms with Gasteiger partial charge in [0, 0.05) is 5.56 Å². The summed E-state index contributed by atoms with van der Waals surface area (Å²) >= 11 is 3.20. The van der Waals surface area contributed by atoms with Crippen LogP contribution >= 0.6 is 15.9 Å². The summed E-state index contributed by atoms with van der Waals surface area (Å²) in [4.78, 5) is 20.4.